The van der Waals surface area contributed by atoms with Gasteiger partial charge in [0.1, 0.15) is 11.6 Å². The molecule has 104 valence electrons. The number of hydrogen-bond acceptors (Lipinski definition) is 2. The lowest BCUT2D eigenvalue weighted by Gasteiger charge is -2.25. The second-order valence-corrected chi connectivity index (χ2v) is 5.90. The Morgan fingerprint density at radius 1 is 1.16 bits per heavy atom. The van der Waals surface area contributed by atoms with Crippen molar-refractivity contribution < 1.29 is 9.13 Å². The zero-order chi connectivity index (χ0) is 13.1. The van der Waals surface area contributed by atoms with Gasteiger partial charge < -0.3 is 10.1 Å². The van der Waals surface area contributed by atoms with Gasteiger partial charge in [-0.3, -0.25) is 0 Å². The number of halogens is 1. The standard InChI is InChI=1S/C16H22FNO/c17-14-7-13(8-15-5-2-6-18-15)9-16(10-14)19-11-12-3-1-4-12/h7,9-10,12,15,18H,1-6,8,11H2. The molecule has 1 atom stereocenters. The first-order valence-electron chi connectivity index (χ1n) is 7.45. The minimum absolute atomic E-state index is 0.181. The van der Waals surface area contributed by atoms with Crippen LogP contribution in [0.2, 0.25) is 0 Å². The van der Waals surface area contributed by atoms with Crippen molar-refractivity contribution in [1.29, 1.82) is 0 Å². The second-order valence-electron chi connectivity index (χ2n) is 5.90. The van der Waals surface area contributed by atoms with E-state index in [1.165, 1.54) is 38.2 Å². The molecule has 1 aliphatic heterocycles. The molecule has 0 spiro atoms. The van der Waals surface area contributed by atoms with Crippen molar-refractivity contribution in [2.24, 2.45) is 5.92 Å². The lowest BCUT2D eigenvalue weighted by Crippen LogP contribution is -2.23. The number of nitrogens with one attached hydrogen (secondary N) is 1. The van der Waals surface area contributed by atoms with E-state index in [2.05, 4.69) is 5.32 Å². The largest absolute Gasteiger partial charge is 0.493 e. The Balaban J connectivity index is 1.60. The summed E-state index contributed by atoms with van der Waals surface area (Å²) in [5.41, 5.74) is 1.04. The molecule has 2 nitrogen and oxygen atoms in total. The monoisotopic (exact) mass is 263 g/mol. The van der Waals surface area contributed by atoms with Gasteiger partial charge in [-0.2, -0.15) is 0 Å². The lowest BCUT2D eigenvalue weighted by atomic mass is 9.86. The maximum atomic E-state index is 13.6. The predicted molar refractivity (Wildman–Crippen MR) is 74.0 cm³/mol. The Hall–Kier alpha value is -1.09. The van der Waals surface area contributed by atoms with Crippen molar-refractivity contribution >= 4 is 0 Å². The molecule has 3 rings (SSSR count). The molecule has 19 heavy (non-hydrogen) atoms. The number of benzene rings is 1. The van der Waals surface area contributed by atoms with E-state index < -0.39 is 0 Å². The van der Waals surface area contributed by atoms with E-state index in [4.69, 9.17) is 4.74 Å². The molecule has 2 fully saturated rings. The lowest BCUT2D eigenvalue weighted by molar-refractivity contribution is 0.180. The van der Waals surface area contributed by atoms with Gasteiger partial charge in [0, 0.05) is 12.1 Å². The third-order valence-electron chi connectivity index (χ3n) is 4.29. The topological polar surface area (TPSA) is 21.3 Å². The third-order valence-corrected chi connectivity index (χ3v) is 4.29. The molecular formula is C16H22FNO. The zero-order valence-electron chi connectivity index (χ0n) is 11.3. The van der Waals surface area contributed by atoms with E-state index in [1.807, 2.05) is 6.07 Å². The van der Waals surface area contributed by atoms with Gasteiger partial charge in [0.15, 0.2) is 0 Å². The van der Waals surface area contributed by atoms with Crippen LogP contribution in [0.25, 0.3) is 0 Å². The van der Waals surface area contributed by atoms with Crippen LogP contribution in [-0.2, 0) is 6.42 Å². The molecule has 3 heteroatoms. The van der Waals surface area contributed by atoms with Crippen LogP contribution in [-0.4, -0.2) is 19.2 Å². The normalized spacial score (nSPS) is 23.3. The van der Waals surface area contributed by atoms with Crippen molar-refractivity contribution in [3.05, 3.63) is 29.6 Å². The van der Waals surface area contributed by atoms with Crippen LogP contribution in [0.4, 0.5) is 4.39 Å². The molecule has 0 aromatic heterocycles. The molecule has 1 aliphatic carbocycles. The minimum Gasteiger partial charge on any atom is -0.493 e. The molecule has 1 saturated carbocycles. The van der Waals surface area contributed by atoms with E-state index in [0.717, 1.165) is 25.1 Å². The number of rotatable bonds is 5. The van der Waals surface area contributed by atoms with Crippen LogP contribution in [0.1, 0.15) is 37.7 Å². The zero-order valence-corrected chi connectivity index (χ0v) is 11.3. The fourth-order valence-corrected chi connectivity index (χ4v) is 2.91. The molecule has 1 saturated heterocycles. The van der Waals surface area contributed by atoms with Gasteiger partial charge in [-0.15, -0.1) is 0 Å². The van der Waals surface area contributed by atoms with Crippen LogP contribution in [0.3, 0.4) is 0 Å². The summed E-state index contributed by atoms with van der Waals surface area (Å²) in [6, 6.07) is 5.64. The highest BCUT2D eigenvalue weighted by molar-refractivity contribution is 5.30. The fraction of sp³-hybridized carbons (Fsp3) is 0.625. The van der Waals surface area contributed by atoms with Crippen molar-refractivity contribution in [2.75, 3.05) is 13.2 Å². The highest BCUT2D eigenvalue weighted by atomic mass is 19.1. The van der Waals surface area contributed by atoms with Gasteiger partial charge in [0.05, 0.1) is 6.61 Å². The van der Waals surface area contributed by atoms with Gasteiger partial charge in [0.25, 0.3) is 0 Å². The number of hydrogen-bond donors (Lipinski definition) is 1. The molecule has 1 N–H and O–H groups in total. The molecule has 1 heterocycles. The van der Waals surface area contributed by atoms with E-state index in [9.17, 15) is 4.39 Å². The SMILES string of the molecule is Fc1cc(CC2CCCN2)cc(OCC2CCC2)c1. The summed E-state index contributed by atoms with van der Waals surface area (Å²) >= 11 is 0. The Bertz CT molecular complexity index is 425. The second kappa shape index (κ2) is 5.91. The first kappa shape index (κ1) is 12.9. The van der Waals surface area contributed by atoms with Gasteiger partial charge in [-0.1, -0.05) is 6.42 Å². The summed E-state index contributed by atoms with van der Waals surface area (Å²) < 4.78 is 19.4. The van der Waals surface area contributed by atoms with Gasteiger partial charge in [-0.25, -0.2) is 4.39 Å². The Kier molecular flexibility index (Phi) is 4.02. The Morgan fingerprint density at radius 2 is 2.05 bits per heavy atom. The Labute approximate surface area is 114 Å². The van der Waals surface area contributed by atoms with Crippen LogP contribution in [0.15, 0.2) is 18.2 Å². The molecule has 0 radical (unpaired) electrons. The van der Waals surface area contributed by atoms with E-state index >= 15 is 0 Å². The quantitative estimate of drug-likeness (QED) is 0.880. The van der Waals surface area contributed by atoms with Crippen molar-refractivity contribution in [3.63, 3.8) is 0 Å². The first-order chi connectivity index (χ1) is 9.29. The average molecular weight is 263 g/mol. The predicted octanol–water partition coefficient (Wildman–Crippen LogP) is 3.30. The maximum absolute atomic E-state index is 13.6. The Morgan fingerprint density at radius 3 is 2.74 bits per heavy atom. The van der Waals surface area contributed by atoms with Crippen LogP contribution < -0.4 is 10.1 Å². The molecule has 0 amide bonds. The van der Waals surface area contributed by atoms with Crippen molar-refractivity contribution in [3.8, 4) is 5.75 Å². The van der Waals surface area contributed by atoms with Crippen LogP contribution in [0.5, 0.6) is 5.75 Å². The summed E-state index contributed by atoms with van der Waals surface area (Å²) in [5, 5.41) is 3.45. The van der Waals surface area contributed by atoms with Crippen molar-refractivity contribution in [1.82, 2.24) is 5.32 Å². The van der Waals surface area contributed by atoms with E-state index in [-0.39, 0.29) is 5.82 Å². The van der Waals surface area contributed by atoms with Gasteiger partial charge in [0.2, 0.25) is 0 Å². The molecular weight excluding hydrogens is 241 g/mol. The highest BCUT2D eigenvalue weighted by Gasteiger charge is 2.19. The smallest absolute Gasteiger partial charge is 0.127 e. The third kappa shape index (κ3) is 3.47. The molecule has 2 aliphatic rings. The maximum Gasteiger partial charge on any atom is 0.127 e. The van der Waals surface area contributed by atoms with E-state index in [0.29, 0.717) is 17.7 Å². The van der Waals surface area contributed by atoms with Gasteiger partial charge >= 0.3 is 0 Å². The van der Waals surface area contributed by atoms with Crippen molar-refractivity contribution in [2.45, 2.75) is 44.6 Å². The molecule has 1 unspecified atom stereocenters. The average Bonchev–Trinajstić information content (AvgIpc) is 2.79. The summed E-state index contributed by atoms with van der Waals surface area (Å²) in [5.74, 6) is 1.20. The summed E-state index contributed by atoms with van der Waals surface area (Å²) in [7, 11) is 0. The van der Waals surface area contributed by atoms with Crippen LogP contribution in [0, 0.1) is 11.7 Å². The minimum atomic E-state index is -0.181. The summed E-state index contributed by atoms with van der Waals surface area (Å²) in [6.07, 6.45) is 7.15. The van der Waals surface area contributed by atoms with E-state index in [1.54, 1.807) is 6.07 Å². The number of ether oxygens (including phenoxy) is 1. The summed E-state index contributed by atoms with van der Waals surface area (Å²) in [6.45, 7) is 1.83. The molecule has 1 aromatic rings. The molecule has 0 bridgehead atoms. The highest BCUT2D eigenvalue weighted by Crippen LogP contribution is 2.27. The fourth-order valence-electron chi connectivity index (χ4n) is 2.91. The van der Waals surface area contributed by atoms with Gasteiger partial charge in [-0.05, 0) is 62.3 Å². The first-order valence-corrected chi connectivity index (χ1v) is 7.45. The summed E-state index contributed by atoms with van der Waals surface area (Å²) in [4.78, 5) is 0. The molecule has 1 aromatic carbocycles. The van der Waals surface area contributed by atoms with Crippen LogP contribution >= 0.6 is 0 Å².